The zero-order chi connectivity index (χ0) is 29.3. The van der Waals surface area contributed by atoms with E-state index >= 15 is 0 Å². The van der Waals surface area contributed by atoms with Crippen LogP contribution in [0.5, 0.6) is 11.5 Å². The van der Waals surface area contributed by atoms with E-state index in [1.165, 1.54) is 46.2 Å². The lowest BCUT2D eigenvalue weighted by atomic mass is 9.90. The number of nitro benzene ring substituents is 2. The molecule has 0 bridgehead atoms. The van der Waals surface area contributed by atoms with Crippen LogP contribution in [-0.2, 0) is 0 Å². The normalized spacial score (nSPS) is 15.0. The number of hydrogen-bond donors (Lipinski definition) is 0. The van der Waals surface area contributed by atoms with Gasteiger partial charge in [-0.3, -0.25) is 20.2 Å². The Morgan fingerprint density at radius 2 is 1.07 bits per heavy atom. The van der Waals surface area contributed by atoms with E-state index in [9.17, 15) is 34.6 Å². The maximum absolute atomic E-state index is 12.9. The first-order valence-electron chi connectivity index (χ1n) is 12.2. The highest BCUT2D eigenvalue weighted by Crippen LogP contribution is 2.38. The summed E-state index contributed by atoms with van der Waals surface area (Å²) >= 11 is 0. The molecule has 0 aromatic heterocycles. The molecule has 4 amide bonds. The summed E-state index contributed by atoms with van der Waals surface area (Å²) in [5, 5.41) is 22.7. The zero-order valence-electron chi connectivity index (χ0n) is 22.3. The number of non-ortho nitro benzene ring substituents is 2. The predicted molar refractivity (Wildman–Crippen MR) is 140 cm³/mol. The monoisotopic (exact) mass is 556 g/mol. The van der Waals surface area contributed by atoms with E-state index in [1.807, 2.05) is 0 Å². The van der Waals surface area contributed by atoms with E-state index in [0.29, 0.717) is 11.1 Å². The summed E-state index contributed by atoms with van der Waals surface area (Å²) in [6.07, 6.45) is -1.15. The van der Waals surface area contributed by atoms with Crippen molar-refractivity contribution < 1.29 is 33.7 Å². The van der Waals surface area contributed by atoms with Gasteiger partial charge in [-0.15, -0.1) is 0 Å². The number of urea groups is 2. The largest absolute Gasteiger partial charge is 0.519 e. The van der Waals surface area contributed by atoms with Gasteiger partial charge in [0, 0.05) is 102 Å². The number of hydrogen-bond acceptors (Lipinski definition) is 9. The first-order chi connectivity index (χ1) is 18.8. The first-order valence-corrected chi connectivity index (χ1v) is 12.2. The van der Waals surface area contributed by atoms with Crippen molar-refractivity contribution in [1.82, 2.24) is 19.6 Å². The van der Waals surface area contributed by atoms with Gasteiger partial charge in [0.25, 0.3) is 11.4 Å². The lowest BCUT2D eigenvalue weighted by molar-refractivity contribution is -0.385. The van der Waals surface area contributed by atoms with Gasteiger partial charge in [-0.25, -0.2) is 14.4 Å². The fourth-order valence-corrected chi connectivity index (χ4v) is 4.55. The number of rotatable bonds is 6. The van der Waals surface area contributed by atoms with E-state index in [-0.39, 0.29) is 73.0 Å². The summed E-state index contributed by atoms with van der Waals surface area (Å²) in [7, 11) is 6.45. The molecule has 212 valence electrons. The van der Waals surface area contributed by atoms with Gasteiger partial charge in [0.05, 0.1) is 9.85 Å². The minimum absolute atomic E-state index is 0.0346. The van der Waals surface area contributed by atoms with Gasteiger partial charge in [-0.2, -0.15) is 0 Å². The van der Waals surface area contributed by atoms with Gasteiger partial charge in [0.1, 0.15) is 11.5 Å². The van der Waals surface area contributed by atoms with Crippen LogP contribution in [0.3, 0.4) is 0 Å². The van der Waals surface area contributed by atoms with Crippen molar-refractivity contribution in [2.45, 2.75) is 11.8 Å². The number of likely N-dealkylation sites (tertiary alicyclic amines) is 2. The molecular weight excluding hydrogens is 528 g/mol. The summed E-state index contributed by atoms with van der Waals surface area (Å²) in [5.41, 5.74) is 0.338. The number of nitro groups is 2. The molecule has 2 saturated heterocycles. The summed E-state index contributed by atoms with van der Waals surface area (Å²) in [4.78, 5) is 64.7. The molecular formula is C25H28N6O9. The van der Waals surface area contributed by atoms with Crippen molar-refractivity contribution in [3.8, 4) is 11.5 Å². The fraction of sp³-hybridized carbons (Fsp3) is 0.400. The first kappa shape index (κ1) is 28.1. The number of ether oxygens (including phenoxy) is 2. The van der Waals surface area contributed by atoms with Crippen LogP contribution in [0.2, 0.25) is 0 Å². The van der Waals surface area contributed by atoms with Crippen LogP contribution < -0.4 is 9.47 Å². The van der Waals surface area contributed by atoms with E-state index in [1.54, 1.807) is 38.0 Å². The molecule has 0 N–H and O–H groups in total. The maximum Gasteiger partial charge on any atom is 0.519 e. The molecule has 2 aliphatic heterocycles. The van der Waals surface area contributed by atoms with Crippen molar-refractivity contribution in [3.63, 3.8) is 0 Å². The third-order valence-corrected chi connectivity index (χ3v) is 6.74. The summed E-state index contributed by atoms with van der Waals surface area (Å²) in [5.74, 6) is -0.548. The second-order valence-corrected chi connectivity index (χ2v) is 9.97. The Hall–Kier alpha value is -4.95. The molecule has 0 atom stereocenters. The van der Waals surface area contributed by atoms with Gasteiger partial charge in [0.2, 0.25) is 0 Å². The molecule has 0 spiro atoms. The Kier molecular flexibility index (Phi) is 7.74. The van der Waals surface area contributed by atoms with Crippen molar-refractivity contribution in [2.75, 3.05) is 54.4 Å². The lowest BCUT2D eigenvalue weighted by Crippen LogP contribution is -2.52. The molecule has 0 radical (unpaired) electrons. The highest BCUT2D eigenvalue weighted by atomic mass is 16.7. The van der Waals surface area contributed by atoms with E-state index in [0.717, 1.165) is 0 Å². The van der Waals surface area contributed by atoms with Crippen LogP contribution >= 0.6 is 0 Å². The van der Waals surface area contributed by atoms with Crippen LogP contribution in [0.15, 0.2) is 36.4 Å². The highest BCUT2D eigenvalue weighted by molar-refractivity contribution is 5.76. The van der Waals surface area contributed by atoms with Gasteiger partial charge in [-0.1, -0.05) is 0 Å². The second-order valence-electron chi connectivity index (χ2n) is 9.97. The van der Waals surface area contributed by atoms with Crippen LogP contribution in [0, 0.1) is 20.2 Å². The average Bonchev–Trinajstić information content (AvgIpc) is 2.83. The molecule has 4 rings (SSSR count). The van der Waals surface area contributed by atoms with Crippen molar-refractivity contribution in [2.24, 2.45) is 0 Å². The quantitative estimate of drug-likeness (QED) is 0.224. The van der Waals surface area contributed by atoms with Gasteiger partial charge >= 0.3 is 18.2 Å². The van der Waals surface area contributed by atoms with Gasteiger partial charge < -0.3 is 29.1 Å². The molecule has 2 aliphatic rings. The van der Waals surface area contributed by atoms with Crippen LogP contribution in [0.1, 0.15) is 23.0 Å². The van der Waals surface area contributed by atoms with Crippen LogP contribution in [0.4, 0.5) is 25.8 Å². The molecule has 2 aromatic rings. The second kappa shape index (κ2) is 11.0. The topological polar surface area (TPSA) is 169 Å². The molecule has 15 nitrogen and oxygen atoms in total. The molecule has 0 aliphatic carbocycles. The number of amides is 4. The molecule has 40 heavy (non-hydrogen) atoms. The number of carbonyl (C=O) groups excluding carboxylic acids is 3. The Bertz CT molecular complexity index is 1270. The Morgan fingerprint density at radius 1 is 0.725 bits per heavy atom. The fourth-order valence-electron chi connectivity index (χ4n) is 4.55. The summed E-state index contributed by atoms with van der Waals surface area (Å²) < 4.78 is 10.9. The Labute approximate surface area is 228 Å². The van der Waals surface area contributed by atoms with Crippen LogP contribution in [-0.4, -0.2) is 102 Å². The third-order valence-electron chi connectivity index (χ3n) is 6.74. The number of benzene rings is 2. The average molecular weight is 557 g/mol. The zero-order valence-corrected chi connectivity index (χ0v) is 22.3. The number of nitrogens with zero attached hydrogens (tertiary/aromatic N) is 6. The Morgan fingerprint density at radius 3 is 1.38 bits per heavy atom. The highest BCUT2D eigenvalue weighted by Gasteiger charge is 2.37. The minimum Gasteiger partial charge on any atom is -0.394 e. The van der Waals surface area contributed by atoms with Crippen LogP contribution in [0.25, 0.3) is 0 Å². The van der Waals surface area contributed by atoms with E-state index < -0.39 is 16.0 Å². The summed E-state index contributed by atoms with van der Waals surface area (Å²) in [6.45, 7) is 1.11. The predicted octanol–water partition coefficient (Wildman–Crippen LogP) is 3.24. The van der Waals surface area contributed by atoms with Gasteiger partial charge in [0.15, 0.2) is 0 Å². The lowest BCUT2D eigenvalue weighted by Gasteiger charge is -2.41. The van der Waals surface area contributed by atoms with Gasteiger partial charge in [-0.05, 0) is 12.1 Å². The smallest absolute Gasteiger partial charge is 0.394 e. The van der Waals surface area contributed by atoms with Crippen molar-refractivity contribution in [1.29, 1.82) is 0 Å². The molecule has 0 saturated carbocycles. The molecule has 2 fully saturated rings. The van der Waals surface area contributed by atoms with Crippen molar-refractivity contribution in [3.05, 3.63) is 67.8 Å². The SMILES string of the molecule is CN(C)C(=O)N1CC(c2cc([N+](=O)[O-])ccc2OC(=O)Oc2ccc([N+](=O)[O-])cc2C2CN(C(=O)N(C)C)C2)C1. The van der Waals surface area contributed by atoms with E-state index in [4.69, 9.17) is 9.47 Å². The Balaban J connectivity index is 1.53. The standard InChI is InChI=1S/C25H28N6O9/c1-26(2)23(32)28-11-15(12-28)19-9-17(30(35)36)5-7-21(19)39-25(34)40-22-8-6-18(31(37)38)10-20(22)16-13-29(14-16)24(33)27(3)4/h5-10,15-16H,11-14H2,1-4H3. The third kappa shape index (κ3) is 5.72. The molecule has 15 heteroatoms. The maximum atomic E-state index is 12.9. The van der Waals surface area contributed by atoms with E-state index in [2.05, 4.69) is 0 Å². The minimum atomic E-state index is -1.15. The van der Waals surface area contributed by atoms with Crippen molar-refractivity contribution >= 4 is 29.6 Å². The molecule has 2 aromatic carbocycles. The molecule has 2 heterocycles. The number of carbonyl (C=O) groups is 3. The summed E-state index contributed by atoms with van der Waals surface area (Å²) in [6, 6.07) is 7.13. The molecule has 0 unspecified atom stereocenters.